The maximum Gasteiger partial charge on any atom is 0.259 e. The molecule has 3 N–H and O–H groups in total. The maximum atomic E-state index is 11.8. The molecule has 6 nitrogen and oxygen atoms in total. The van der Waals surface area contributed by atoms with E-state index in [0.29, 0.717) is 6.42 Å². The Morgan fingerprint density at radius 2 is 2.31 bits per heavy atom. The zero-order valence-electron chi connectivity index (χ0n) is 9.14. The Kier molecular flexibility index (Phi) is 4.31. The molecule has 0 aromatic carbocycles. The molecule has 1 aromatic rings. The lowest BCUT2D eigenvalue weighted by Gasteiger charge is -2.08. The van der Waals surface area contributed by atoms with Crippen molar-refractivity contribution in [3.63, 3.8) is 0 Å². The summed E-state index contributed by atoms with van der Waals surface area (Å²) in [5, 5.41) is 3.84. The molecular formula is C8H15ClN4O2S. The number of aromatic nitrogens is 2. The number of aryl methyl sites for hydroxylation is 1. The number of nitrogens with one attached hydrogen (secondary N) is 1. The molecule has 0 amide bonds. The summed E-state index contributed by atoms with van der Waals surface area (Å²) in [4.78, 5) is 0. The normalized spacial score (nSPS) is 14.0. The van der Waals surface area contributed by atoms with Crippen molar-refractivity contribution in [1.29, 1.82) is 0 Å². The van der Waals surface area contributed by atoms with Gasteiger partial charge in [-0.05, 0) is 13.3 Å². The Labute approximate surface area is 99.8 Å². The fourth-order valence-electron chi connectivity index (χ4n) is 1.19. The summed E-state index contributed by atoms with van der Waals surface area (Å²) in [6, 6.07) is -0.0512. The van der Waals surface area contributed by atoms with Crippen LogP contribution in [0.4, 0.5) is 0 Å². The highest BCUT2D eigenvalue weighted by Crippen LogP contribution is 2.19. The molecule has 0 aliphatic carbocycles. The summed E-state index contributed by atoms with van der Waals surface area (Å²) < 4.78 is 27.3. The smallest absolute Gasteiger partial charge is 0.259 e. The van der Waals surface area contributed by atoms with Crippen molar-refractivity contribution in [1.82, 2.24) is 14.5 Å². The summed E-state index contributed by atoms with van der Waals surface area (Å²) in [7, 11) is -2.09. The van der Waals surface area contributed by atoms with E-state index in [-0.39, 0.29) is 22.6 Å². The topological polar surface area (TPSA) is 90.0 Å². The number of rotatable bonds is 5. The molecule has 1 aromatic heterocycles. The van der Waals surface area contributed by atoms with Crippen LogP contribution in [0.2, 0.25) is 5.02 Å². The van der Waals surface area contributed by atoms with Gasteiger partial charge in [-0.15, -0.1) is 0 Å². The first-order valence-electron chi connectivity index (χ1n) is 4.77. The molecule has 0 saturated heterocycles. The van der Waals surface area contributed by atoms with Gasteiger partial charge in [-0.1, -0.05) is 11.6 Å². The van der Waals surface area contributed by atoms with Crippen LogP contribution >= 0.6 is 11.6 Å². The summed E-state index contributed by atoms with van der Waals surface area (Å²) in [5.41, 5.74) is 5.52. The molecular weight excluding hydrogens is 252 g/mol. The average molecular weight is 267 g/mol. The van der Waals surface area contributed by atoms with Crippen molar-refractivity contribution in [2.24, 2.45) is 12.8 Å². The third-order valence-corrected chi connectivity index (χ3v) is 3.95. The lowest BCUT2D eigenvalue weighted by atomic mass is 10.3. The minimum Gasteiger partial charge on any atom is -0.328 e. The zero-order chi connectivity index (χ0) is 12.3. The Morgan fingerprint density at radius 1 is 1.69 bits per heavy atom. The fraction of sp³-hybridized carbons (Fsp3) is 0.625. The average Bonchev–Trinajstić information content (AvgIpc) is 2.45. The second-order valence-electron chi connectivity index (χ2n) is 3.58. The Morgan fingerprint density at radius 3 is 2.75 bits per heavy atom. The minimum absolute atomic E-state index is 0.0289. The van der Waals surface area contributed by atoms with Crippen LogP contribution in [0.25, 0.3) is 0 Å². The van der Waals surface area contributed by atoms with Crippen LogP contribution in [-0.4, -0.2) is 30.8 Å². The molecule has 0 fully saturated rings. The van der Waals surface area contributed by atoms with E-state index < -0.39 is 10.0 Å². The van der Waals surface area contributed by atoms with Crippen molar-refractivity contribution in [2.75, 3.05) is 6.54 Å². The standard InChI is InChI=1S/C8H15ClN4O2S/c1-6(10)3-4-12-16(14,15)8-7(9)5-11-13(8)2/h5-6,12H,3-4,10H2,1-2H3. The van der Waals surface area contributed by atoms with Gasteiger partial charge in [-0.25, -0.2) is 13.1 Å². The monoisotopic (exact) mass is 266 g/mol. The predicted molar refractivity (Wildman–Crippen MR) is 61.7 cm³/mol. The van der Waals surface area contributed by atoms with Crippen molar-refractivity contribution in [2.45, 2.75) is 24.4 Å². The molecule has 92 valence electrons. The molecule has 0 aliphatic heterocycles. The first kappa shape index (κ1) is 13.4. The van der Waals surface area contributed by atoms with Gasteiger partial charge in [-0.2, -0.15) is 5.10 Å². The number of nitrogens with two attached hydrogens (primary N) is 1. The van der Waals surface area contributed by atoms with Gasteiger partial charge in [0.05, 0.1) is 11.2 Å². The van der Waals surface area contributed by atoms with E-state index in [1.165, 1.54) is 17.9 Å². The molecule has 0 radical (unpaired) electrons. The third-order valence-electron chi connectivity index (χ3n) is 1.99. The highest BCUT2D eigenvalue weighted by molar-refractivity contribution is 7.89. The second-order valence-corrected chi connectivity index (χ2v) is 5.67. The van der Waals surface area contributed by atoms with Gasteiger partial charge < -0.3 is 5.73 Å². The first-order valence-corrected chi connectivity index (χ1v) is 6.63. The molecule has 0 bridgehead atoms. The number of hydrogen-bond donors (Lipinski definition) is 2. The van der Waals surface area contributed by atoms with Gasteiger partial charge in [-0.3, -0.25) is 4.68 Å². The number of halogens is 1. The summed E-state index contributed by atoms with van der Waals surface area (Å²) in [5.74, 6) is 0. The Bertz CT molecular complexity index is 435. The highest BCUT2D eigenvalue weighted by atomic mass is 35.5. The first-order chi connectivity index (χ1) is 7.34. The van der Waals surface area contributed by atoms with Crippen molar-refractivity contribution >= 4 is 21.6 Å². The van der Waals surface area contributed by atoms with Gasteiger partial charge in [0.25, 0.3) is 10.0 Å². The summed E-state index contributed by atoms with van der Waals surface area (Å²) in [6.45, 7) is 2.09. The van der Waals surface area contributed by atoms with Crippen LogP contribution in [0.15, 0.2) is 11.2 Å². The molecule has 0 spiro atoms. The minimum atomic E-state index is -3.61. The van der Waals surface area contributed by atoms with Crippen molar-refractivity contribution < 1.29 is 8.42 Å². The predicted octanol–water partition coefficient (Wildman–Crippen LogP) is 0.0891. The summed E-state index contributed by atoms with van der Waals surface area (Å²) in [6.07, 6.45) is 1.86. The quantitative estimate of drug-likeness (QED) is 0.790. The van der Waals surface area contributed by atoms with E-state index in [1.54, 1.807) is 0 Å². The van der Waals surface area contributed by atoms with E-state index >= 15 is 0 Å². The fourth-order valence-corrected chi connectivity index (χ4v) is 2.89. The van der Waals surface area contributed by atoms with E-state index in [0.717, 1.165) is 0 Å². The molecule has 0 aliphatic rings. The van der Waals surface area contributed by atoms with Crippen LogP contribution < -0.4 is 10.5 Å². The summed E-state index contributed by atoms with van der Waals surface area (Å²) >= 11 is 5.74. The van der Waals surface area contributed by atoms with Gasteiger partial charge in [0, 0.05) is 19.6 Å². The molecule has 1 heterocycles. The molecule has 1 atom stereocenters. The van der Waals surface area contributed by atoms with Crippen LogP contribution in [0.1, 0.15) is 13.3 Å². The third kappa shape index (κ3) is 3.18. The SMILES string of the molecule is CC(N)CCNS(=O)(=O)c1c(Cl)cnn1C. The highest BCUT2D eigenvalue weighted by Gasteiger charge is 2.21. The molecule has 1 unspecified atom stereocenters. The largest absolute Gasteiger partial charge is 0.328 e. The Hall–Kier alpha value is -0.630. The lowest BCUT2D eigenvalue weighted by Crippen LogP contribution is -2.30. The number of nitrogens with zero attached hydrogens (tertiary/aromatic N) is 2. The number of hydrogen-bond acceptors (Lipinski definition) is 4. The van der Waals surface area contributed by atoms with Crippen LogP contribution in [0, 0.1) is 0 Å². The van der Waals surface area contributed by atoms with Crippen LogP contribution in [0.5, 0.6) is 0 Å². The zero-order valence-corrected chi connectivity index (χ0v) is 10.7. The van der Waals surface area contributed by atoms with E-state index in [2.05, 4.69) is 9.82 Å². The number of sulfonamides is 1. The van der Waals surface area contributed by atoms with Crippen molar-refractivity contribution in [3.8, 4) is 0 Å². The van der Waals surface area contributed by atoms with Gasteiger partial charge in [0.2, 0.25) is 0 Å². The van der Waals surface area contributed by atoms with Gasteiger partial charge in [0.1, 0.15) is 0 Å². The van der Waals surface area contributed by atoms with Gasteiger partial charge in [0.15, 0.2) is 5.03 Å². The van der Waals surface area contributed by atoms with E-state index in [1.807, 2.05) is 6.92 Å². The van der Waals surface area contributed by atoms with Gasteiger partial charge >= 0.3 is 0 Å². The van der Waals surface area contributed by atoms with Crippen molar-refractivity contribution in [3.05, 3.63) is 11.2 Å². The van der Waals surface area contributed by atoms with E-state index in [9.17, 15) is 8.42 Å². The molecule has 8 heteroatoms. The van der Waals surface area contributed by atoms with E-state index in [4.69, 9.17) is 17.3 Å². The Balaban J connectivity index is 2.79. The lowest BCUT2D eigenvalue weighted by molar-refractivity contribution is 0.555. The molecule has 0 saturated carbocycles. The second kappa shape index (κ2) is 5.13. The molecule has 16 heavy (non-hydrogen) atoms. The van der Waals surface area contributed by atoms with Crippen LogP contribution in [0.3, 0.4) is 0 Å². The van der Waals surface area contributed by atoms with Crippen LogP contribution in [-0.2, 0) is 17.1 Å². The molecule has 1 rings (SSSR count). The maximum absolute atomic E-state index is 11.8.